The molecule has 7 rings (SSSR count). The van der Waals surface area contributed by atoms with Crippen LogP contribution in [0.1, 0.15) is 48.9 Å². The Bertz CT molecular complexity index is 1280. The van der Waals surface area contributed by atoms with Crippen molar-refractivity contribution < 1.29 is 9.84 Å². The van der Waals surface area contributed by atoms with Gasteiger partial charge in [-0.1, -0.05) is 36.0 Å². The van der Waals surface area contributed by atoms with E-state index >= 15 is 0 Å². The van der Waals surface area contributed by atoms with Crippen LogP contribution < -0.4 is 15.0 Å². The zero-order valence-electron chi connectivity index (χ0n) is 20.4. The van der Waals surface area contributed by atoms with Gasteiger partial charge in [0.05, 0.1) is 23.2 Å². The summed E-state index contributed by atoms with van der Waals surface area (Å²) in [5.41, 5.74) is 4.10. The van der Waals surface area contributed by atoms with Crippen molar-refractivity contribution in [2.45, 2.75) is 67.0 Å². The van der Waals surface area contributed by atoms with E-state index in [-0.39, 0.29) is 12.1 Å². The molecule has 4 aliphatic rings. The number of nitrogens with one attached hydrogen (secondary N) is 1. The number of pyridine rings is 1. The van der Waals surface area contributed by atoms with E-state index in [1.54, 1.807) is 0 Å². The highest BCUT2D eigenvalue weighted by atomic mass is 32.2. The summed E-state index contributed by atoms with van der Waals surface area (Å²) in [5, 5.41) is 14.5. The molecule has 0 unspecified atom stereocenters. The lowest BCUT2D eigenvalue weighted by Crippen LogP contribution is -2.52. The Morgan fingerprint density at radius 3 is 2.50 bits per heavy atom. The van der Waals surface area contributed by atoms with Crippen molar-refractivity contribution in [3.05, 3.63) is 59.5 Å². The van der Waals surface area contributed by atoms with E-state index in [2.05, 4.69) is 39.5 Å². The molecule has 2 N–H and O–H groups in total. The van der Waals surface area contributed by atoms with Crippen LogP contribution in [0.4, 0.5) is 11.6 Å². The molecule has 36 heavy (non-hydrogen) atoms. The third kappa shape index (κ3) is 3.82. The van der Waals surface area contributed by atoms with Gasteiger partial charge in [0.1, 0.15) is 17.3 Å². The fraction of sp³-hybridized carbons (Fsp3) is 0.464. The lowest BCUT2D eigenvalue weighted by Gasteiger charge is -2.45. The molecule has 1 saturated carbocycles. The summed E-state index contributed by atoms with van der Waals surface area (Å²) >= 11 is 1.51. The van der Waals surface area contributed by atoms with Crippen LogP contribution in [-0.2, 0) is 19.4 Å². The summed E-state index contributed by atoms with van der Waals surface area (Å²) in [6, 6.07) is 10.8. The zero-order chi connectivity index (χ0) is 24.2. The predicted octanol–water partition coefficient (Wildman–Crippen LogP) is 4.63. The minimum absolute atomic E-state index is 0.0586. The van der Waals surface area contributed by atoms with Crippen LogP contribution >= 0.6 is 11.8 Å². The number of aliphatic hydroxyl groups excluding tert-OH is 1. The highest BCUT2D eigenvalue weighted by molar-refractivity contribution is 7.99. The minimum atomic E-state index is -0.126. The molecule has 2 aromatic heterocycles. The van der Waals surface area contributed by atoms with Gasteiger partial charge in [-0.25, -0.2) is 15.0 Å². The highest BCUT2D eigenvalue weighted by Gasteiger charge is 2.42. The molecule has 4 heterocycles. The Morgan fingerprint density at radius 1 is 1.03 bits per heavy atom. The molecule has 8 heteroatoms. The number of ether oxygens (including phenoxy) is 1. The first kappa shape index (κ1) is 22.4. The molecule has 3 aromatic rings. The van der Waals surface area contributed by atoms with Crippen molar-refractivity contribution in [2.24, 2.45) is 5.41 Å². The second kappa shape index (κ2) is 8.63. The molecule has 0 radical (unpaired) electrons. The average molecular weight is 502 g/mol. The Hall–Kier alpha value is -2.84. The maximum atomic E-state index is 10.2. The Kier molecular flexibility index (Phi) is 5.36. The van der Waals surface area contributed by atoms with Crippen LogP contribution in [0, 0.1) is 5.41 Å². The second-order valence-corrected chi connectivity index (χ2v) is 11.9. The van der Waals surface area contributed by atoms with Crippen LogP contribution in [0.5, 0.6) is 5.75 Å². The van der Waals surface area contributed by atoms with Gasteiger partial charge in [-0.15, -0.1) is 0 Å². The van der Waals surface area contributed by atoms with Crippen LogP contribution in [0.3, 0.4) is 0 Å². The molecule has 2 spiro atoms. The number of piperidine rings is 1. The summed E-state index contributed by atoms with van der Waals surface area (Å²) in [6.07, 6.45) is 11.8. The Labute approximate surface area is 215 Å². The third-order valence-corrected chi connectivity index (χ3v) is 9.54. The number of nitrogens with zero attached hydrogens (tertiary/aromatic N) is 4. The van der Waals surface area contributed by atoms with Gasteiger partial charge in [0.15, 0.2) is 17.4 Å². The van der Waals surface area contributed by atoms with Gasteiger partial charge >= 0.3 is 0 Å². The quantitative estimate of drug-likeness (QED) is 0.536. The number of aromatic nitrogens is 3. The first-order chi connectivity index (χ1) is 17.6. The van der Waals surface area contributed by atoms with Gasteiger partial charge in [0.25, 0.3) is 0 Å². The highest BCUT2D eigenvalue weighted by Crippen LogP contribution is 2.47. The molecule has 186 valence electrons. The number of benzene rings is 1. The zero-order valence-corrected chi connectivity index (χ0v) is 21.2. The molecule has 2 aliphatic heterocycles. The monoisotopic (exact) mass is 501 g/mol. The second-order valence-electron chi connectivity index (χ2n) is 10.9. The molecule has 0 amide bonds. The largest absolute Gasteiger partial charge is 0.486 e. The van der Waals surface area contributed by atoms with E-state index in [0.717, 1.165) is 66.1 Å². The van der Waals surface area contributed by atoms with E-state index in [0.29, 0.717) is 17.7 Å². The minimum Gasteiger partial charge on any atom is -0.486 e. The SMILES string of the molecule is OCc1nc(Sc2ccnc3c2OCC2(CCC2)N3)cnc1N1CCC2(CC1)Cc1ccccc1C2. The summed E-state index contributed by atoms with van der Waals surface area (Å²) in [4.78, 5) is 17.4. The van der Waals surface area contributed by atoms with Crippen molar-refractivity contribution in [2.75, 3.05) is 29.9 Å². The number of hydrogen-bond acceptors (Lipinski definition) is 8. The van der Waals surface area contributed by atoms with Crippen LogP contribution in [0.15, 0.2) is 52.6 Å². The van der Waals surface area contributed by atoms with Crippen molar-refractivity contribution in [3.63, 3.8) is 0 Å². The fourth-order valence-corrected chi connectivity index (χ4v) is 7.23. The van der Waals surface area contributed by atoms with E-state index in [9.17, 15) is 5.11 Å². The van der Waals surface area contributed by atoms with E-state index in [4.69, 9.17) is 14.7 Å². The smallest absolute Gasteiger partial charge is 0.175 e. The molecule has 0 bridgehead atoms. The summed E-state index contributed by atoms with van der Waals surface area (Å²) < 4.78 is 6.18. The molecular weight excluding hydrogens is 470 g/mol. The summed E-state index contributed by atoms with van der Waals surface area (Å²) in [7, 11) is 0. The van der Waals surface area contributed by atoms with E-state index in [1.807, 2.05) is 18.5 Å². The topological polar surface area (TPSA) is 83.4 Å². The van der Waals surface area contributed by atoms with Gasteiger partial charge in [-0.2, -0.15) is 0 Å². The Balaban J connectivity index is 1.06. The molecule has 7 nitrogen and oxygen atoms in total. The number of rotatable bonds is 4. The molecule has 1 aromatic carbocycles. The first-order valence-electron chi connectivity index (χ1n) is 13.0. The van der Waals surface area contributed by atoms with Crippen LogP contribution in [0.2, 0.25) is 0 Å². The number of fused-ring (bicyclic) bond motifs is 2. The van der Waals surface area contributed by atoms with Gasteiger partial charge in [-0.05, 0) is 67.6 Å². The lowest BCUT2D eigenvalue weighted by atomic mass is 9.76. The van der Waals surface area contributed by atoms with Gasteiger partial charge in [-0.3, -0.25) is 0 Å². The fourth-order valence-electron chi connectivity index (χ4n) is 6.36. The average Bonchev–Trinajstić information content (AvgIpc) is 3.25. The van der Waals surface area contributed by atoms with Crippen molar-refractivity contribution >= 4 is 23.4 Å². The first-order valence-corrected chi connectivity index (χ1v) is 13.8. The van der Waals surface area contributed by atoms with E-state index < -0.39 is 0 Å². The van der Waals surface area contributed by atoms with Crippen LogP contribution in [0.25, 0.3) is 0 Å². The molecule has 1 saturated heterocycles. The normalized spacial score (nSPS) is 20.9. The van der Waals surface area contributed by atoms with Crippen molar-refractivity contribution in [3.8, 4) is 5.75 Å². The molecule has 0 atom stereocenters. The number of anilines is 2. The number of hydrogen-bond donors (Lipinski definition) is 2. The van der Waals surface area contributed by atoms with Crippen molar-refractivity contribution in [1.29, 1.82) is 0 Å². The summed E-state index contributed by atoms with van der Waals surface area (Å²) in [5.74, 6) is 2.42. The standard InChI is InChI=1S/C28H31N5O2S/c34-17-21-26(33-12-9-27(10-13-33)14-19-4-1-2-5-20(19)15-27)30-16-23(31-21)36-22-6-11-29-25-24(22)35-18-28(32-25)7-3-8-28/h1-2,4-6,11,16,34H,3,7-10,12-15,17-18H2,(H,29,32). The van der Waals surface area contributed by atoms with Gasteiger partial charge in [0, 0.05) is 19.3 Å². The molecular formula is C28H31N5O2S. The van der Waals surface area contributed by atoms with Crippen LogP contribution in [-0.4, -0.2) is 45.3 Å². The summed E-state index contributed by atoms with van der Waals surface area (Å²) in [6.45, 7) is 2.44. The van der Waals surface area contributed by atoms with Gasteiger partial charge < -0.3 is 20.1 Å². The predicted molar refractivity (Wildman–Crippen MR) is 140 cm³/mol. The molecule has 2 fully saturated rings. The van der Waals surface area contributed by atoms with E-state index in [1.165, 1.54) is 42.2 Å². The lowest BCUT2D eigenvalue weighted by molar-refractivity contribution is 0.144. The Morgan fingerprint density at radius 2 is 1.81 bits per heavy atom. The van der Waals surface area contributed by atoms with Gasteiger partial charge in [0.2, 0.25) is 0 Å². The maximum absolute atomic E-state index is 10.2. The molecule has 2 aliphatic carbocycles. The number of aliphatic hydroxyl groups is 1. The third-order valence-electron chi connectivity index (χ3n) is 8.59. The van der Waals surface area contributed by atoms with Crippen molar-refractivity contribution in [1.82, 2.24) is 15.0 Å². The maximum Gasteiger partial charge on any atom is 0.175 e.